The Morgan fingerprint density at radius 2 is 2.06 bits per heavy atom. The van der Waals surface area contributed by atoms with E-state index in [2.05, 4.69) is 38.1 Å². The minimum atomic E-state index is -0.0979. The Balaban J connectivity index is 2.25. The van der Waals surface area contributed by atoms with Crippen molar-refractivity contribution in [2.24, 2.45) is 22.9 Å². The number of amides is 1. The highest BCUT2D eigenvalue weighted by Crippen LogP contribution is 2.32. The number of nitrogens with zero attached hydrogens (tertiary/aromatic N) is 2. The van der Waals surface area contributed by atoms with Crippen LogP contribution in [0.5, 0.6) is 0 Å². The lowest BCUT2D eigenvalue weighted by molar-refractivity contribution is 0.0806. The average molecular weight is 493 g/mol. The van der Waals surface area contributed by atoms with Gasteiger partial charge < -0.3 is 14.3 Å². The molecule has 1 amide bonds. The van der Waals surface area contributed by atoms with Gasteiger partial charge in [0.1, 0.15) is 6.61 Å². The maximum atomic E-state index is 13.2. The van der Waals surface area contributed by atoms with E-state index in [1.807, 2.05) is 26.0 Å². The maximum Gasteiger partial charge on any atom is 0.253 e. The number of carbonyl (C=O) groups excluding carboxylic acids is 1. The molecule has 0 aliphatic heterocycles. The molecule has 1 aliphatic rings. The molecule has 0 fully saturated rings. The lowest BCUT2D eigenvalue weighted by Gasteiger charge is -2.30. The molecule has 7 heteroatoms. The third kappa shape index (κ3) is 8.20. The van der Waals surface area contributed by atoms with Gasteiger partial charge in [0.2, 0.25) is 0 Å². The van der Waals surface area contributed by atoms with E-state index in [9.17, 15) is 4.79 Å². The Labute approximate surface area is 208 Å². The number of oxime groups is 1. The zero-order valence-corrected chi connectivity index (χ0v) is 22.2. The fourth-order valence-electron chi connectivity index (χ4n) is 4.09. The van der Waals surface area contributed by atoms with Crippen LogP contribution in [0, 0.1) is 24.7 Å². The van der Waals surface area contributed by atoms with Crippen molar-refractivity contribution >= 4 is 35.3 Å². The molecule has 0 saturated heterocycles. The summed E-state index contributed by atoms with van der Waals surface area (Å²) in [5.74, 6) is 1.12. The Hall–Kier alpha value is -1.76. The maximum absolute atomic E-state index is 13.2. The molecule has 1 aromatic rings. The lowest BCUT2D eigenvalue weighted by Crippen LogP contribution is -2.37. The molecule has 2 rings (SSSR count). The Morgan fingerprint density at radius 1 is 1.33 bits per heavy atom. The third-order valence-electron chi connectivity index (χ3n) is 6.13. The summed E-state index contributed by atoms with van der Waals surface area (Å²) in [6.45, 7) is 11.2. The molecule has 5 nitrogen and oxygen atoms in total. The summed E-state index contributed by atoms with van der Waals surface area (Å²) in [7, 11) is 1.79. The highest BCUT2D eigenvalue weighted by atomic mass is 35.5. The Bertz CT molecular complexity index is 893. The second kappa shape index (κ2) is 13.2. The first-order valence-corrected chi connectivity index (χ1v) is 12.8. The topological polar surface area (TPSA) is 62.1 Å². The van der Waals surface area contributed by atoms with Crippen LogP contribution in [-0.2, 0) is 4.84 Å². The van der Waals surface area contributed by atoms with Crippen LogP contribution in [0.3, 0.4) is 0 Å². The fourth-order valence-corrected chi connectivity index (χ4v) is 4.73. The lowest BCUT2D eigenvalue weighted by atomic mass is 9.78. The van der Waals surface area contributed by atoms with Gasteiger partial charge in [-0.2, -0.15) is 0 Å². The molecule has 0 saturated carbocycles. The fraction of sp³-hybridized carbons (Fsp3) is 0.538. The van der Waals surface area contributed by atoms with Crippen LogP contribution in [-0.4, -0.2) is 47.0 Å². The summed E-state index contributed by atoms with van der Waals surface area (Å²) in [6, 6.07) is 5.39. The molecule has 1 aliphatic carbocycles. The molecule has 0 spiro atoms. The minimum absolute atomic E-state index is 0.0979. The minimum Gasteiger partial charge on any atom is -0.395 e. The molecule has 33 heavy (non-hydrogen) atoms. The van der Waals surface area contributed by atoms with E-state index in [-0.39, 0.29) is 17.7 Å². The Morgan fingerprint density at radius 3 is 2.67 bits per heavy atom. The van der Waals surface area contributed by atoms with Crippen LogP contribution >= 0.6 is 23.6 Å². The molecule has 0 heterocycles. The van der Waals surface area contributed by atoms with Gasteiger partial charge in [-0.15, -0.1) is 0 Å². The predicted octanol–water partition coefficient (Wildman–Crippen LogP) is 6.87. The summed E-state index contributed by atoms with van der Waals surface area (Å²) < 4.78 is 9.07. The number of carbonyl (C=O) groups is 1. The first kappa shape index (κ1) is 27.5. The standard InChI is InChI=1S/C26H37ClN2O3S/c1-7-24(21-9-8-19(4)20(5)12-21)25(28-32-15-18(3)16-33-31)14-29(6)26(30)22-10-17(2)11-23(27)13-22/h8-11,13,18,21,24,31H,7,12,14-16H2,1-6H3/b28-25+/t18-,21?,24?/m1/s1. The van der Waals surface area contributed by atoms with Crippen LogP contribution in [0.2, 0.25) is 5.02 Å². The normalized spacial score (nSPS) is 18.3. The third-order valence-corrected chi connectivity index (χ3v) is 7.06. The van der Waals surface area contributed by atoms with Gasteiger partial charge in [0.15, 0.2) is 0 Å². The van der Waals surface area contributed by atoms with Crippen LogP contribution < -0.4 is 0 Å². The zero-order chi connectivity index (χ0) is 24.5. The molecule has 0 radical (unpaired) electrons. The van der Waals surface area contributed by atoms with Crippen molar-refractivity contribution in [3.05, 3.63) is 57.6 Å². The molecule has 1 N–H and O–H groups in total. The van der Waals surface area contributed by atoms with E-state index >= 15 is 0 Å². The Kier molecular flexibility index (Phi) is 11.0. The van der Waals surface area contributed by atoms with Gasteiger partial charge >= 0.3 is 0 Å². The smallest absolute Gasteiger partial charge is 0.253 e. The number of aryl methyl sites for hydroxylation is 1. The van der Waals surface area contributed by atoms with E-state index in [1.54, 1.807) is 18.0 Å². The summed E-state index contributed by atoms with van der Waals surface area (Å²) >= 11 is 6.99. The summed E-state index contributed by atoms with van der Waals surface area (Å²) in [5.41, 5.74) is 5.07. The second-order valence-electron chi connectivity index (χ2n) is 9.16. The van der Waals surface area contributed by atoms with Crippen LogP contribution in [0.4, 0.5) is 0 Å². The van der Waals surface area contributed by atoms with E-state index in [4.69, 9.17) is 21.0 Å². The van der Waals surface area contributed by atoms with Crippen molar-refractivity contribution < 1.29 is 14.2 Å². The summed E-state index contributed by atoms with van der Waals surface area (Å²) in [5, 5.41) is 5.10. The first-order valence-electron chi connectivity index (χ1n) is 11.5. The average Bonchev–Trinajstić information content (AvgIpc) is 2.75. The number of rotatable bonds is 11. The highest BCUT2D eigenvalue weighted by Gasteiger charge is 2.28. The number of halogens is 1. The van der Waals surface area contributed by atoms with E-state index in [0.29, 0.717) is 35.4 Å². The van der Waals surface area contributed by atoms with E-state index in [0.717, 1.165) is 36.2 Å². The van der Waals surface area contributed by atoms with Gasteiger partial charge in [0.25, 0.3) is 5.91 Å². The summed E-state index contributed by atoms with van der Waals surface area (Å²) in [4.78, 5) is 20.6. The molecule has 3 atom stereocenters. The molecule has 2 unspecified atom stereocenters. The largest absolute Gasteiger partial charge is 0.395 e. The van der Waals surface area contributed by atoms with Crippen molar-refractivity contribution in [3.8, 4) is 0 Å². The van der Waals surface area contributed by atoms with Crippen molar-refractivity contribution in [2.45, 2.75) is 47.5 Å². The monoisotopic (exact) mass is 492 g/mol. The van der Waals surface area contributed by atoms with E-state index in [1.165, 1.54) is 11.1 Å². The second-order valence-corrected chi connectivity index (χ2v) is 10.2. The van der Waals surface area contributed by atoms with Gasteiger partial charge in [-0.05, 0) is 75.3 Å². The molecule has 0 bridgehead atoms. The van der Waals surface area contributed by atoms with Crippen LogP contribution in [0.1, 0.15) is 56.5 Å². The quantitative estimate of drug-likeness (QED) is 0.208. The summed E-state index contributed by atoms with van der Waals surface area (Å²) in [6.07, 6.45) is 6.32. The van der Waals surface area contributed by atoms with Crippen molar-refractivity contribution in [2.75, 3.05) is 26.0 Å². The number of allylic oxidation sites excluding steroid dienone is 4. The molecular formula is C26H37ClN2O3S. The SMILES string of the molecule is CCC(/C(CN(C)C(=O)c1cc(C)cc(Cl)c1)=N/OC[C@@H](C)CSO)C1C=CC(C)=C(C)C1. The first-order chi connectivity index (χ1) is 15.7. The number of benzene rings is 1. The van der Waals surface area contributed by atoms with Gasteiger partial charge in [-0.25, -0.2) is 0 Å². The van der Waals surface area contributed by atoms with Crippen molar-refractivity contribution in [3.63, 3.8) is 0 Å². The molecule has 0 aromatic heterocycles. The van der Waals surface area contributed by atoms with Gasteiger partial charge in [0.05, 0.1) is 12.3 Å². The van der Waals surface area contributed by atoms with E-state index < -0.39 is 0 Å². The van der Waals surface area contributed by atoms with Gasteiger partial charge in [-0.1, -0.05) is 53.9 Å². The van der Waals surface area contributed by atoms with Crippen molar-refractivity contribution in [1.29, 1.82) is 0 Å². The molecular weight excluding hydrogens is 456 g/mol. The predicted molar refractivity (Wildman–Crippen MR) is 140 cm³/mol. The molecule has 1 aromatic carbocycles. The van der Waals surface area contributed by atoms with Crippen LogP contribution in [0.25, 0.3) is 0 Å². The highest BCUT2D eigenvalue weighted by molar-refractivity contribution is 7.93. The molecule has 182 valence electrons. The van der Waals surface area contributed by atoms with Gasteiger partial charge in [-0.3, -0.25) is 4.79 Å². The zero-order valence-electron chi connectivity index (χ0n) is 20.6. The van der Waals surface area contributed by atoms with Crippen molar-refractivity contribution in [1.82, 2.24) is 4.90 Å². The number of hydrogen-bond donors (Lipinski definition) is 1. The number of hydrogen-bond acceptors (Lipinski definition) is 5. The van der Waals surface area contributed by atoms with Crippen LogP contribution in [0.15, 0.2) is 46.7 Å². The van der Waals surface area contributed by atoms with Gasteiger partial charge in [0, 0.05) is 35.2 Å².